The Labute approximate surface area is 181 Å². The molecule has 1 fully saturated rings. The highest BCUT2D eigenvalue weighted by molar-refractivity contribution is 5.96. The van der Waals surface area contributed by atoms with Crippen LogP contribution in [0, 0.1) is 0 Å². The molecule has 0 spiro atoms. The number of aliphatic hydroxyl groups is 1. The molecular weight excluding hydrogens is 396 g/mol. The average Bonchev–Trinajstić information content (AvgIpc) is 3.47. The minimum Gasteiger partial charge on any atom is -0.492 e. The van der Waals surface area contributed by atoms with Crippen molar-refractivity contribution in [3.05, 3.63) is 60.4 Å². The fraction of sp³-hybridized carbons (Fsp3) is 0.375. The Kier molecular flexibility index (Phi) is 7.07. The van der Waals surface area contributed by atoms with E-state index in [1.165, 1.54) is 0 Å². The summed E-state index contributed by atoms with van der Waals surface area (Å²) < 4.78 is 17.0. The van der Waals surface area contributed by atoms with Crippen LogP contribution in [0.15, 0.2) is 59.0 Å². The summed E-state index contributed by atoms with van der Waals surface area (Å²) in [5, 5.41) is 14.0. The van der Waals surface area contributed by atoms with Gasteiger partial charge in [-0.3, -0.25) is 4.79 Å². The number of para-hydroxylation sites is 1. The first-order valence-electron chi connectivity index (χ1n) is 10.7. The predicted octanol–water partition coefficient (Wildman–Crippen LogP) is 3.08. The third-order valence-electron chi connectivity index (χ3n) is 5.20. The van der Waals surface area contributed by atoms with E-state index in [-0.39, 0.29) is 12.5 Å². The molecule has 0 aliphatic carbocycles. The molecule has 1 aliphatic heterocycles. The number of fused-ring (bicyclic) bond motifs is 1. The van der Waals surface area contributed by atoms with Crippen molar-refractivity contribution in [1.82, 2.24) is 10.2 Å². The summed E-state index contributed by atoms with van der Waals surface area (Å²) >= 11 is 0. The van der Waals surface area contributed by atoms with Gasteiger partial charge in [0.25, 0.3) is 5.91 Å². The van der Waals surface area contributed by atoms with Crippen LogP contribution in [-0.4, -0.2) is 61.4 Å². The second kappa shape index (κ2) is 10.3. The zero-order valence-electron chi connectivity index (χ0n) is 17.5. The highest BCUT2D eigenvalue weighted by atomic mass is 16.5. The highest BCUT2D eigenvalue weighted by Crippen LogP contribution is 2.26. The Morgan fingerprint density at radius 1 is 1.06 bits per heavy atom. The molecule has 164 valence electrons. The quantitative estimate of drug-likeness (QED) is 0.487. The van der Waals surface area contributed by atoms with Gasteiger partial charge in [-0.15, -0.1) is 0 Å². The number of nitrogens with zero attached hydrogens (tertiary/aromatic N) is 1. The molecule has 1 aliphatic rings. The van der Waals surface area contributed by atoms with Gasteiger partial charge in [-0.25, -0.2) is 0 Å². The molecule has 7 heteroatoms. The maximum absolute atomic E-state index is 12.5. The topological polar surface area (TPSA) is 84.2 Å². The number of benzene rings is 2. The fourth-order valence-corrected chi connectivity index (χ4v) is 3.57. The van der Waals surface area contributed by atoms with Gasteiger partial charge in [0, 0.05) is 31.6 Å². The average molecular weight is 424 g/mol. The van der Waals surface area contributed by atoms with Crippen LogP contribution >= 0.6 is 0 Å². The maximum atomic E-state index is 12.5. The van der Waals surface area contributed by atoms with Gasteiger partial charge < -0.3 is 29.2 Å². The van der Waals surface area contributed by atoms with E-state index in [0.717, 1.165) is 37.1 Å². The lowest BCUT2D eigenvalue weighted by atomic mass is 10.2. The monoisotopic (exact) mass is 424 g/mol. The third-order valence-corrected chi connectivity index (χ3v) is 5.20. The molecule has 1 saturated heterocycles. The first-order valence-corrected chi connectivity index (χ1v) is 10.7. The van der Waals surface area contributed by atoms with E-state index in [2.05, 4.69) is 5.32 Å². The summed E-state index contributed by atoms with van der Waals surface area (Å²) in [5.74, 6) is 1.78. The van der Waals surface area contributed by atoms with E-state index in [0.29, 0.717) is 36.8 Å². The van der Waals surface area contributed by atoms with Crippen LogP contribution in [-0.2, 0) is 0 Å². The Morgan fingerprint density at radius 3 is 2.68 bits per heavy atom. The SMILES string of the molecule is O=C(c1cc2cc(OCCNC[C@H](O)COc3ccccc3)ccc2o1)N1CCCC1. The van der Waals surface area contributed by atoms with Gasteiger partial charge in [-0.2, -0.15) is 0 Å². The van der Waals surface area contributed by atoms with Crippen molar-refractivity contribution in [3.63, 3.8) is 0 Å². The van der Waals surface area contributed by atoms with Gasteiger partial charge in [0.1, 0.15) is 36.4 Å². The Morgan fingerprint density at radius 2 is 1.87 bits per heavy atom. The third kappa shape index (κ3) is 5.77. The number of carbonyl (C=O) groups is 1. The zero-order chi connectivity index (χ0) is 21.5. The van der Waals surface area contributed by atoms with Crippen molar-refractivity contribution in [2.24, 2.45) is 0 Å². The molecule has 2 aromatic carbocycles. The standard InChI is InChI=1S/C24H28N2O5/c27-19(17-30-20-6-2-1-3-7-20)16-25-10-13-29-21-8-9-22-18(14-21)15-23(31-22)24(28)26-11-4-5-12-26/h1-3,6-9,14-15,19,25,27H,4-5,10-13,16-17H2/t19-/m0/s1. The van der Waals surface area contributed by atoms with Crippen LogP contribution in [0.3, 0.4) is 0 Å². The van der Waals surface area contributed by atoms with E-state index in [4.69, 9.17) is 13.9 Å². The van der Waals surface area contributed by atoms with Gasteiger partial charge in [0.2, 0.25) is 0 Å². The van der Waals surface area contributed by atoms with Crippen LogP contribution in [0.25, 0.3) is 11.0 Å². The van der Waals surface area contributed by atoms with E-state index in [9.17, 15) is 9.90 Å². The van der Waals surface area contributed by atoms with Crippen LogP contribution in [0.4, 0.5) is 0 Å². The summed E-state index contributed by atoms with van der Waals surface area (Å²) in [6.07, 6.45) is 1.50. The van der Waals surface area contributed by atoms with Crippen LogP contribution in [0.1, 0.15) is 23.4 Å². The largest absolute Gasteiger partial charge is 0.492 e. The summed E-state index contributed by atoms with van der Waals surface area (Å²) in [6.45, 7) is 3.28. The highest BCUT2D eigenvalue weighted by Gasteiger charge is 2.22. The van der Waals surface area contributed by atoms with Crippen molar-refractivity contribution in [2.45, 2.75) is 18.9 Å². The zero-order valence-corrected chi connectivity index (χ0v) is 17.5. The smallest absolute Gasteiger partial charge is 0.289 e. The van der Waals surface area contributed by atoms with Crippen LogP contribution in [0.2, 0.25) is 0 Å². The molecule has 31 heavy (non-hydrogen) atoms. The van der Waals surface area contributed by atoms with Gasteiger partial charge in [-0.05, 0) is 49.2 Å². The van der Waals surface area contributed by atoms with Gasteiger partial charge in [0.15, 0.2) is 5.76 Å². The number of rotatable bonds is 10. The molecule has 2 heterocycles. The minimum absolute atomic E-state index is 0.0461. The lowest BCUT2D eigenvalue weighted by molar-refractivity contribution is 0.0763. The van der Waals surface area contributed by atoms with Crippen molar-refractivity contribution in [1.29, 1.82) is 0 Å². The molecule has 7 nitrogen and oxygen atoms in total. The van der Waals surface area contributed by atoms with E-state index >= 15 is 0 Å². The number of hydrogen-bond donors (Lipinski definition) is 2. The van der Waals surface area contributed by atoms with E-state index < -0.39 is 6.10 Å². The fourth-order valence-electron chi connectivity index (χ4n) is 3.57. The van der Waals surface area contributed by atoms with Crippen molar-refractivity contribution in [2.75, 3.05) is 39.4 Å². The predicted molar refractivity (Wildman–Crippen MR) is 118 cm³/mol. The normalized spacial score (nSPS) is 14.7. The van der Waals surface area contributed by atoms with Crippen molar-refractivity contribution in [3.8, 4) is 11.5 Å². The second-order valence-electron chi connectivity index (χ2n) is 7.64. The molecule has 3 aromatic rings. The molecule has 1 aromatic heterocycles. The molecule has 0 saturated carbocycles. The van der Waals surface area contributed by atoms with Gasteiger partial charge >= 0.3 is 0 Å². The maximum Gasteiger partial charge on any atom is 0.289 e. The van der Waals surface area contributed by atoms with Crippen LogP contribution in [0.5, 0.6) is 11.5 Å². The molecular formula is C24H28N2O5. The molecule has 2 N–H and O–H groups in total. The Balaban J connectivity index is 1.19. The molecule has 0 unspecified atom stereocenters. The first kappa shape index (κ1) is 21.2. The minimum atomic E-state index is -0.603. The number of carbonyl (C=O) groups excluding carboxylic acids is 1. The number of amides is 1. The number of nitrogens with one attached hydrogen (secondary N) is 1. The van der Waals surface area contributed by atoms with Crippen LogP contribution < -0.4 is 14.8 Å². The number of hydrogen-bond acceptors (Lipinski definition) is 6. The number of furan rings is 1. The number of likely N-dealkylation sites (tertiary alicyclic amines) is 1. The molecule has 1 atom stereocenters. The second-order valence-corrected chi connectivity index (χ2v) is 7.64. The van der Waals surface area contributed by atoms with Crippen molar-refractivity contribution >= 4 is 16.9 Å². The van der Waals surface area contributed by atoms with Gasteiger partial charge in [-0.1, -0.05) is 18.2 Å². The van der Waals surface area contributed by atoms with Crippen molar-refractivity contribution < 1.29 is 23.8 Å². The Hall–Kier alpha value is -3.03. The van der Waals surface area contributed by atoms with E-state index in [1.807, 2.05) is 53.4 Å². The molecule has 1 amide bonds. The summed E-state index contributed by atoms with van der Waals surface area (Å²) in [6, 6.07) is 16.7. The summed E-state index contributed by atoms with van der Waals surface area (Å²) in [4.78, 5) is 14.3. The molecule has 4 rings (SSSR count). The lowest BCUT2D eigenvalue weighted by Crippen LogP contribution is -2.33. The summed E-state index contributed by atoms with van der Waals surface area (Å²) in [5.41, 5.74) is 0.676. The van der Waals surface area contributed by atoms with E-state index in [1.54, 1.807) is 6.07 Å². The molecule has 0 radical (unpaired) electrons. The molecule has 0 bridgehead atoms. The van der Waals surface area contributed by atoms with Gasteiger partial charge in [0.05, 0.1) is 0 Å². The summed E-state index contributed by atoms with van der Waals surface area (Å²) in [7, 11) is 0. The Bertz CT molecular complexity index is 982. The number of ether oxygens (including phenoxy) is 2. The first-order chi connectivity index (χ1) is 15.2. The number of aliphatic hydroxyl groups excluding tert-OH is 1. The lowest BCUT2D eigenvalue weighted by Gasteiger charge is -2.13.